The summed E-state index contributed by atoms with van der Waals surface area (Å²) in [5.74, 6) is 0.476. The van der Waals surface area contributed by atoms with Crippen molar-refractivity contribution >= 4 is 0 Å². The number of aliphatic hydroxyl groups is 1. The number of pyridine rings is 1. The summed E-state index contributed by atoms with van der Waals surface area (Å²) in [6.07, 6.45) is 9.09. The lowest BCUT2D eigenvalue weighted by Gasteiger charge is -2.33. The van der Waals surface area contributed by atoms with Crippen molar-refractivity contribution in [2.75, 3.05) is 6.61 Å². The highest BCUT2D eigenvalue weighted by atomic mass is 16.5. The third-order valence-electron chi connectivity index (χ3n) is 4.02. The lowest BCUT2D eigenvalue weighted by Crippen LogP contribution is -2.32. The lowest BCUT2D eigenvalue weighted by molar-refractivity contribution is -0.0740. The molecule has 0 spiro atoms. The minimum atomic E-state index is -0.560. The number of nitrogens with zero attached hydrogens (tertiary/aromatic N) is 1. The number of ether oxygens (including phenoxy) is 1. The van der Waals surface area contributed by atoms with Crippen molar-refractivity contribution < 1.29 is 9.84 Å². The molecule has 2 rings (SSSR count). The van der Waals surface area contributed by atoms with Crippen LogP contribution in [0.25, 0.3) is 0 Å². The largest absolute Gasteiger partial charge is 0.386 e. The molecule has 0 aliphatic heterocycles. The second kappa shape index (κ2) is 7.01. The third kappa shape index (κ3) is 3.77. The zero-order valence-electron chi connectivity index (χ0n) is 12.0. The first-order valence-corrected chi connectivity index (χ1v) is 7.43. The fourth-order valence-corrected chi connectivity index (χ4v) is 3.07. The van der Waals surface area contributed by atoms with Crippen LogP contribution in [0.2, 0.25) is 0 Å². The first-order chi connectivity index (χ1) is 9.22. The van der Waals surface area contributed by atoms with Crippen LogP contribution >= 0.6 is 0 Å². The van der Waals surface area contributed by atoms with Crippen LogP contribution in [-0.4, -0.2) is 22.8 Å². The van der Waals surface area contributed by atoms with Gasteiger partial charge in [-0.25, -0.2) is 0 Å². The van der Waals surface area contributed by atoms with E-state index in [1.165, 1.54) is 32.1 Å². The van der Waals surface area contributed by atoms with Gasteiger partial charge >= 0.3 is 0 Å². The lowest BCUT2D eigenvalue weighted by atomic mass is 9.82. The maximum Gasteiger partial charge on any atom is 0.107 e. The summed E-state index contributed by atoms with van der Waals surface area (Å²) in [4.78, 5) is 4.18. The number of aromatic nitrogens is 1. The molecular formula is C16H25NO2. The Kier molecular flexibility index (Phi) is 5.34. The van der Waals surface area contributed by atoms with Gasteiger partial charge in [-0.05, 0) is 38.2 Å². The molecule has 1 aliphatic rings. The van der Waals surface area contributed by atoms with E-state index in [9.17, 15) is 5.11 Å². The molecule has 1 aliphatic carbocycles. The quantitative estimate of drug-likeness (QED) is 0.885. The van der Waals surface area contributed by atoms with Gasteiger partial charge in [-0.1, -0.05) is 25.3 Å². The van der Waals surface area contributed by atoms with Crippen molar-refractivity contribution in [1.29, 1.82) is 0 Å². The van der Waals surface area contributed by atoms with E-state index in [2.05, 4.69) is 4.98 Å². The Hall–Kier alpha value is -0.930. The van der Waals surface area contributed by atoms with E-state index in [4.69, 9.17) is 4.74 Å². The van der Waals surface area contributed by atoms with E-state index in [0.29, 0.717) is 12.5 Å². The smallest absolute Gasteiger partial charge is 0.107 e. The minimum absolute atomic E-state index is 0.0890. The van der Waals surface area contributed by atoms with Crippen molar-refractivity contribution in [3.05, 3.63) is 29.6 Å². The summed E-state index contributed by atoms with van der Waals surface area (Å²) in [6, 6.07) is 2.01. The highest BCUT2D eigenvalue weighted by Crippen LogP contribution is 2.34. The van der Waals surface area contributed by atoms with Crippen LogP contribution in [-0.2, 0) is 4.74 Å². The number of rotatable bonds is 5. The van der Waals surface area contributed by atoms with Crippen LogP contribution in [0.4, 0.5) is 0 Å². The summed E-state index contributed by atoms with van der Waals surface area (Å²) in [5, 5.41) is 10.6. The fraction of sp³-hybridized carbons (Fsp3) is 0.688. The van der Waals surface area contributed by atoms with Crippen LogP contribution in [0.1, 0.15) is 56.3 Å². The Morgan fingerprint density at radius 2 is 2.05 bits per heavy atom. The summed E-state index contributed by atoms with van der Waals surface area (Å²) >= 11 is 0. The van der Waals surface area contributed by atoms with Crippen molar-refractivity contribution in [2.24, 2.45) is 5.92 Å². The molecule has 0 aromatic carbocycles. The predicted octanol–water partition coefficient (Wildman–Crippen LogP) is 3.41. The highest BCUT2D eigenvalue weighted by molar-refractivity contribution is 5.20. The van der Waals surface area contributed by atoms with Crippen molar-refractivity contribution in [3.8, 4) is 0 Å². The van der Waals surface area contributed by atoms with Crippen LogP contribution in [0.5, 0.6) is 0 Å². The standard InChI is InChI=1S/C16H25NO2/c1-3-19-16(13-7-5-4-6-8-13)15(18)14-9-12(2)10-17-11-14/h9-11,13,15-16,18H,3-8H2,1-2H3. The minimum Gasteiger partial charge on any atom is -0.386 e. The number of hydrogen-bond acceptors (Lipinski definition) is 3. The zero-order valence-corrected chi connectivity index (χ0v) is 12.0. The van der Waals surface area contributed by atoms with Gasteiger partial charge in [-0.2, -0.15) is 0 Å². The van der Waals surface area contributed by atoms with Gasteiger partial charge in [0.05, 0.1) is 6.10 Å². The average molecular weight is 263 g/mol. The molecule has 1 aromatic rings. The molecule has 1 fully saturated rings. The second-order valence-electron chi connectivity index (χ2n) is 5.56. The predicted molar refractivity (Wildman–Crippen MR) is 75.9 cm³/mol. The summed E-state index contributed by atoms with van der Waals surface area (Å²) in [5.41, 5.74) is 1.96. The zero-order chi connectivity index (χ0) is 13.7. The molecule has 1 N–H and O–H groups in total. The monoisotopic (exact) mass is 263 g/mol. The van der Waals surface area contributed by atoms with Crippen LogP contribution in [0.3, 0.4) is 0 Å². The Labute approximate surface area is 116 Å². The number of aliphatic hydroxyl groups excluding tert-OH is 1. The summed E-state index contributed by atoms with van der Waals surface area (Å²) in [6.45, 7) is 4.65. The second-order valence-corrected chi connectivity index (χ2v) is 5.56. The van der Waals surface area contributed by atoms with Crippen LogP contribution < -0.4 is 0 Å². The van der Waals surface area contributed by atoms with Gasteiger partial charge in [0.1, 0.15) is 6.10 Å². The SMILES string of the molecule is CCOC(C1CCCCC1)C(O)c1cncc(C)c1. The van der Waals surface area contributed by atoms with Gasteiger partial charge in [0.15, 0.2) is 0 Å². The van der Waals surface area contributed by atoms with Gasteiger partial charge in [0.2, 0.25) is 0 Å². The topological polar surface area (TPSA) is 42.4 Å². The molecular weight excluding hydrogens is 238 g/mol. The van der Waals surface area contributed by atoms with E-state index < -0.39 is 6.10 Å². The molecule has 0 amide bonds. The molecule has 1 aromatic heterocycles. The molecule has 1 heterocycles. The molecule has 106 valence electrons. The maximum absolute atomic E-state index is 10.6. The summed E-state index contributed by atoms with van der Waals surface area (Å²) < 4.78 is 5.86. The van der Waals surface area contributed by atoms with Gasteiger partial charge < -0.3 is 9.84 Å². The van der Waals surface area contributed by atoms with Gasteiger partial charge in [-0.15, -0.1) is 0 Å². The first-order valence-electron chi connectivity index (χ1n) is 7.43. The Balaban J connectivity index is 2.12. The van der Waals surface area contributed by atoms with E-state index in [-0.39, 0.29) is 6.10 Å². The van der Waals surface area contributed by atoms with Crippen molar-refractivity contribution in [2.45, 2.75) is 58.2 Å². The fourth-order valence-electron chi connectivity index (χ4n) is 3.07. The average Bonchev–Trinajstić information content (AvgIpc) is 2.45. The molecule has 2 atom stereocenters. The Bertz CT molecular complexity index is 388. The molecule has 0 bridgehead atoms. The maximum atomic E-state index is 10.6. The van der Waals surface area contributed by atoms with Gasteiger partial charge in [-0.3, -0.25) is 4.98 Å². The summed E-state index contributed by atoms with van der Waals surface area (Å²) in [7, 11) is 0. The number of hydrogen-bond donors (Lipinski definition) is 1. The Morgan fingerprint density at radius 1 is 1.32 bits per heavy atom. The number of aryl methyl sites for hydroxylation is 1. The Morgan fingerprint density at radius 3 is 2.68 bits per heavy atom. The first kappa shape index (κ1) is 14.5. The molecule has 3 nitrogen and oxygen atoms in total. The van der Waals surface area contributed by atoms with E-state index in [1.807, 2.05) is 26.1 Å². The highest BCUT2D eigenvalue weighted by Gasteiger charge is 2.31. The van der Waals surface area contributed by atoms with Gasteiger partial charge in [0, 0.05) is 24.6 Å². The molecule has 3 heteroatoms. The molecule has 0 saturated heterocycles. The van der Waals surface area contributed by atoms with E-state index in [1.54, 1.807) is 6.20 Å². The molecule has 1 saturated carbocycles. The normalized spacial score (nSPS) is 20.2. The molecule has 2 unspecified atom stereocenters. The van der Waals surface area contributed by atoms with Crippen LogP contribution in [0.15, 0.2) is 18.5 Å². The van der Waals surface area contributed by atoms with Crippen LogP contribution in [0, 0.1) is 12.8 Å². The van der Waals surface area contributed by atoms with Gasteiger partial charge in [0.25, 0.3) is 0 Å². The van der Waals surface area contributed by atoms with E-state index in [0.717, 1.165) is 11.1 Å². The molecule has 19 heavy (non-hydrogen) atoms. The van der Waals surface area contributed by atoms with Crippen molar-refractivity contribution in [3.63, 3.8) is 0 Å². The third-order valence-corrected chi connectivity index (χ3v) is 4.02. The molecule has 0 radical (unpaired) electrons. The van der Waals surface area contributed by atoms with E-state index >= 15 is 0 Å². The van der Waals surface area contributed by atoms with Crippen molar-refractivity contribution in [1.82, 2.24) is 4.98 Å².